The molecule has 1 amide bonds. The average Bonchev–Trinajstić information content (AvgIpc) is 3.43. The molecule has 2 aliphatic rings. The third-order valence-corrected chi connectivity index (χ3v) is 8.27. The first-order valence-corrected chi connectivity index (χ1v) is 14.1. The van der Waals surface area contributed by atoms with Crippen LogP contribution in [0, 0.1) is 11.6 Å². The highest BCUT2D eigenvalue weighted by Gasteiger charge is 2.41. The summed E-state index contributed by atoms with van der Waals surface area (Å²) in [4.78, 5) is 29.5. The van der Waals surface area contributed by atoms with Gasteiger partial charge in [-0.25, -0.2) is 8.78 Å². The first-order chi connectivity index (χ1) is 19.4. The van der Waals surface area contributed by atoms with Crippen LogP contribution in [0.15, 0.2) is 59.5 Å². The Hall–Kier alpha value is -4.12. The van der Waals surface area contributed by atoms with Crippen LogP contribution in [0.4, 0.5) is 8.78 Å². The van der Waals surface area contributed by atoms with Gasteiger partial charge < -0.3 is 9.64 Å². The molecule has 1 fully saturated rings. The third kappa shape index (κ3) is 4.74. The smallest absolute Gasteiger partial charge is 0.278 e. The fourth-order valence-electron chi connectivity index (χ4n) is 5.35. The third-order valence-electron chi connectivity index (χ3n) is 7.31. The van der Waals surface area contributed by atoms with Crippen LogP contribution in [-0.4, -0.2) is 44.9 Å². The molecule has 2 aromatic heterocycles. The average molecular weight is 564 g/mol. The lowest BCUT2D eigenvalue weighted by Crippen LogP contribution is -2.63. The van der Waals surface area contributed by atoms with Crippen molar-refractivity contribution in [3.05, 3.63) is 98.4 Å². The Labute approximate surface area is 233 Å². The van der Waals surface area contributed by atoms with Crippen LogP contribution in [0.5, 0.6) is 5.75 Å². The second kappa shape index (κ2) is 10.8. The van der Waals surface area contributed by atoms with E-state index in [0.717, 1.165) is 42.2 Å². The fourth-order valence-corrected chi connectivity index (χ4v) is 6.22. The van der Waals surface area contributed by atoms with Crippen molar-refractivity contribution in [2.24, 2.45) is 0 Å². The van der Waals surface area contributed by atoms with Crippen molar-refractivity contribution < 1.29 is 18.3 Å². The Morgan fingerprint density at radius 1 is 1.07 bits per heavy atom. The van der Waals surface area contributed by atoms with E-state index in [2.05, 4.69) is 15.2 Å². The standard InChI is InChI=1S/C29H27F2N5O3S/c1-2-34-24-10-6-7-13-35(24)36-16-21(28-33-32-23(40-28)14-19-11-12-20(30)15-22(19)31)26(37)27(25(36)29(34)38)39-17-18-8-4-3-5-9-18/h3-5,8-9,11-12,15-16,24H,2,6-7,10,13-14,17H2,1H3/t24-/m1/s1. The SMILES string of the molecule is CCN1C(=O)c2c(OCc3ccccc3)c(=O)c(-c3nnc(Cc4ccc(F)cc4F)s3)cn2N2CCCC[C@H]12. The minimum absolute atomic E-state index is 0.0323. The molecule has 4 heterocycles. The molecule has 206 valence electrons. The molecular weight excluding hydrogens is 536 g/mol. The second-order valence-corrected chi connectivity index (χ2v) is 10.9. The van der Waals surface area contributed by atoms with Crippen molar-refractivity contribution in [3.8, 4) is 16.3 Å². The van der Waals surface area contributed by atoms with E-state index in [0.29, 0.717) is 23.1 Å². The maximum absolute atomic E-state index is 14.3. The Morgan fingerprint density at radius 3 is 2.67 bits per heavy atom. The number of fused-ring (bicyclic) bond motifs is 3. The Balaban J connectivity index is 1.44. The molecule has 11 heteroatoms. The number of hydrogen-bond donors (Lipinski definition) is 0. The van der Waals surface area contributed by atoms with Gasteiger partial charge in [-0.1, -0.05) is 47.7 Å². The summed E-state index contributed by atoms with van der Waals surface area (Å²) < 4.78 is 35.5. The van der Waals surface area contributed by atoms with E-state index in [1.807, 2.05) is 37.3 Å². The molecule has 0 saturated carbocycles. The maximum Gasteiger partial charge on any atom is 0.278 e. The summed E-state index contributed by atoms with van der Waals surface area (Å²) >= 11 is 1.15. The number of ether oxygens (including phenoxy) is 1. The number of rotatable bonds is 7. The normalized spacial score (nSPS) is 16.6. The van der Waals surface area contributed by atoms with Gasteiger partial charge in [0.1, 0.15) is 29.4 Å². The van der Waals surface area contributed by atoms with E-state index < -0.39 is 17.1 Å². The monoisotopic (exact) mass is 563 g/mol. The van der Waals surface area contributed by atoms with Gasteiger partial charge in [-0.2, -0.15) is 0 Å². The zero-order valence-electron chi connectivity index (χ0n) is 21.8. The van der Waals surface area contributed by atoms with E-state index in [1.165, 1.54) is 12.1 Å². The lowest BCUT2D eigenvalue weighted by atomic mass is 10.1. The zero-order valence-corrected chi connectivity index (χ0v) is 22.7. The summed E-state index contributed by atoms with van der Waals surface area (Å²) in [6.07, 6.45) is 4.42. The lowest BCUT2D eigenvalue weighted by Gasteiger charge is -2.48. The summed E-state index contributed by atoms with van der Waals surface area (Å²) in [5.41, 5.74) is 1.12. The minimum Gasteiger partial charge on any atom is -0.482 e. The van der Waals surface area contributed by atoms with Gasteiger partial charge in [0.05, 0.1) is 5.56 Å². The molecule has 0 unspecified atom stereocenters. The molecule has 6 rings (SSSR count). The van der Waals surface area contributed by atoms with E-state index >= 15 is 0 Å². The number of amides is 1. The maximum atomic E-state index is 14.3. The van der Waals surface area contributed by atoms with Crippen molar-refractivity contribution in [1.29, 1.82) is 0 Å². The molecule has 8 nitrogen and oxygen atoms in total. The topological polar surface area (TPSA) is 80.6 Å². The summed E-state index contributed by atoms with van der Waals surface area (Å²) in [6.45, 7) is 3.27. The van der Waals surface area contributed by atoms with Gasteiger partial charge in [-0.15, -0.1) is 10.2 Å². The van der Waals surface area contributed by atoms with Gasteiger partial charge in [0, 0.05) is 31.8 Å². The molecule has 4 aromatic rings. The minimum atomic E-state index is -0.669. The number of pyridine rings is 1. The van der Waals surface area contributed by atoms with Crippen LogP contribution in [0.25, 0.3) is 10.6 Å². The predicted octanol–water partition coefficient (Wildman–Crippen LogP) is 4.74. The first-order valence-electron chi connectivity index (χ1n) is 13.3. The van der Waals surface area contributed by atoms with E-state index in [1.54, 1.807) is 15.8 Å². The van der Waals surface area contributed by atoms with E-state index in [-0.39, 0.29) is 47.7 Å². The molecule has 40 heavy (non-hydrogen) atoms. The molecule has 0 spiro atoms. The predicted molar refractivity (Wildman–Crippen MR) is 147 cm³/mol. The molecular formula is C29H27F2N5O3S. The summed E-state index contributed by atoms with van der Waals surface area (Å²) in [6, 6.07) is 12.8. The van der Waals surface area contributed by atoms with Crippen LogP contribution in [-0.2, 0) is 13.0 Å². The highest BCUT2D eigenvalue weighted by Crippen LogP contribution is 2.33. The largest absolute Gasteiger partial charge is 0.482 e. The number of piperidine rings is 1. The second-order valence-electron chi connectivity index (χ2n) is 9.81. The van der Waals surface area contributed by atoms with Crippen LogP contribution in [0.2, 0.25) is 0 Å². The number of carbonyl (C=O) groups excluding carboxylic acids is 1. The van der Waals surface area contributed by atoms with Crippen molar-refractivity contribution in [2.45, 2.75) is 45.4 Å². The number of aromatic nitrogens is 3. The number of nitrogens with zero attached hydrogens (tertiary/aromatic N) is 5. The van der Waals surface area contributed by atoms with Crippen LogP contribution >= 0.6 is 11.3 Å². The van der Waals surface area contributed by atoms with Gasteiger partial charge in [0.15, 0.2) is 16.5 Å². The summed E-state index contributed by atoms with van der Waals surface area (Å²) in [5.74, 6) is -1.61. The lowest BCUT2D eigenvalue weighted by molar-refractivity contribution is 0.0533. The number of carbonyl (C=O) groups is 1. The van der Waals surface area contributed by atoms with Crippen LogP contribution in [0.3, 0.4) is 0 Å². The fraction of sp³-hybridized carbons (Fsp3) is 0.310. The highest BCUT2D eigenvalue weighted by molar-refractivity contribution is 7.14. The molecule has 0 bridgehead atoms. The van der Waals surface area contributed by atoms with Crippen LogP contribution in [0.1, 0.15) is 52.8 Å². The van der Waals surface area contributed by atoms with Gasteiger partial charge in [-0.3, -0.25) is 19.3 Å². The molecule has 1 atom stereocenters. The van der Waals surface area contributed by atoms with Gasteiger partial charge in [-0.05, 0) is 43.4 Å². The summed E-state index contributed by atoms with van der Waals surface area (Å²) in [7, 11) is 0. The van der Waals surface area contributed by atoms with E-state index in [4.69, 9.17) is 4.74 Å². The van der Waals surface area contributed by atoms with Gasteiger partial charge in [0.25, 0.3) is 5.91 Å². The van der Waals surface area contributed by atoms with Crippen molar-refractivity contribution >= 4 is 17.2 Å². The molecule has 0 aliphatic carbocycles. The van der Waals surface area contributed by atoms with Gasteiger partial charge >= 0.3 is 0 Å². The van der Waals surface area contributed by atoms with Crippen molar-refractivity contribution in [3.63, 3.8) is 0 Å². The molecule has 2 aromatic carbocycles. The van der Waals surface area contributed by atoms with Crippen LogP contribution < -0.4 is 15.2 Å². The number of benzene rings is 2. The zero-order chi connectivity index (χ0) is 27.8. The molecule has 0 radical (unpaired) electrons. The molecule has 0 N–H and O–H groups in total. The van der Waals surface area contributed by atoms with Crippen molar-refractivity contribution in [2.75, 3.05) is 18.1 Å². The van der Waals surface area contributed by atoms with E-state index in [9.17, 15) is 18.4 Å². The first kappa shape index (κ1) is 26.1. The Morgan fingerprint density at radius 2 is 1.90 bits per heavy atom. The quantitative estimate of drug-likeness (QED) is 0.323. The highest BCUT2D eigenvalue weighted by atomic mass is 32.1. The van der Waals surface area contributed by atoms with Crippen molar-refractivity contribution in [1.82, 2.24) is 19.8 Å². The molecule has 2 aliphatic heterocycles. The molecule has 1 saturated heterocycles. The number of hydrogen-bond acceptors (Lipinski definition) is 7. The van der Waals surface area contributed by atoms with Gasteiger partial charge in [0.2, 0.25) is 5.43 Å². The number of halogens is 2. The summed E-state index contributed by atoms with van der Waals surface area (Å²) in [5, 5.41) is 11.3. The Bertz CT molecular complexity index is 1620. The Kier molecular flexibility index (Phi) is 7.05.